The highest BCUT2D eigenvalue weighted by molar-refractivity contribution is 6.05. The lowest BCUT2D eigenvalue weighted by molar-refractivity contribution is -0.144. The summed E-state index contributed by atoms with van der Waals surface area (Å²) >= 11 is 0. The summed E-state index contributed by atoms with van der Waals surface area (Å²) in [5, 5.41) is 12.5. The van der Waals surface area contributed by atoms with Gasteiger partial charge in [0, 0.05) is 18.0 Å². The number of carboxylic acids is 1. The maximum absolute atomic E-state index is 12.7. The standard InChI is InChI=1S/C19H23N3O5/c1-10(2)16(17(24)12(9-23)15(20)19(26)27)21-18(25)14-8-11-6-4-5-7-13(11)22(14)3/h4-10,12,15-16H,20H2,1-3H3,(H,21,25)(H,26,27)/t12-,15?,16+/m1/s1. The van der Waals surface area contributed by atoms with Crippen LogP contribution in [0.4, 0.5) is 0 Å². The maximum Gasteiger partial charge on any atom is 0.321 e. The topological polar surface area (TPSA) is 131 Å². The van der Waals surface area contributed by atoms with Crippen LogP contribution in [0.3, 0.4) is 0 Å². The van der Waals surface area contributed by atoms with Crippen LogP contribution in [0, 0.1) is 11.8 Å². The second-order valence-electron chi connectivity index (χ2n) is 6.77. The van der Waals surface area contributed by atoms with Crippen LogP contribution < -0.4 is 11.1 Å². The fourth-order valence-electron chi connectivity index (χ4n) is 2.98. The highest BCUT2D eigenvalue weighted by Gasteiger charge is 2.37. The molecule has 1 aromatic carbocycles. The number of nitrogens with two attached hydrogens (primary N) is 1. The van der Waals surface area contributed by atoms with Crippen molar-refractivity contribution in [3.05, 3.63) is 36.0 Å². The number of nitrogens with zero attached hydrogens (tertiary/aromatic N) is 1. The lowest BCUT2D eigenvalue weighted by Crippen LogP contribution is -2.53. The van der Waals surface area contributed by atoms with E-state index < -0.39 is 35.7 Å². The zero-order valence-corrected chi connectivity index (χ0v) is 15.4. The van der Waals surface area contributed by atoms with Crippen molar-refractivity contribution in [2.24, 2.45) is 24.6 Å². The molecule has 0 aliphatic heterocycles. The van der Waals surface area contributed by atoms with E-state index in [2.05, 4.69) is 5.32 Å². The SMILES string of the molecule is CC(C)[C@H](NC(=O)c1cc2ccccc2n1C)C(=O)[C@H](C=O)C(N)C(=O)O. The van der Waals surface area contributed by atoms with Crippen LogP contribution in [-0.2, 0) is 21.4 Å². The minimum absolute atomic E-state index is 0.222. The summed E-state index contributed by atoms with van der Waals surface area (Å²) in [6, 6.07) is 6.43. The number of aryl methyl sites for hydroxylation is 1. The van der Waals surface area contributed by atoms with Gasteiger partial charge in [0.1, 0.15) is 23.9 Å². The van der Waals surface area contributed by atoms with Gasteiger partial charge in [-0.15, -0.1) is 0 Å². The van der Waals surface area contributed by atoms with Gasteiger partial charge in [0.15, 0.2) is 5.78 Å². The number of hydrogen-bond donors (Lipinski definition) is 3. The molecular formula is C19H23N3O5. The molecule has 0 saturated carbocycles. The molecule has 2 rings (SSSR count). The van der Waals surface area contributed by atoms with Gasteiger partial charge in [-0.25, -0.2) is 0 Å². The molecule has 8 heteroatoms. The van der Waals surface area contributed by atoms with Gasteiger partial charge in [0.25, 0.3) is 5.91 Å². The Morgan fingerprint density at radius 2 is 1.85 bits per heavy atom. The minimum Gasteiger partial charge on any atom is -0.480 e. The number of aliphatic carboxylic acids is 1. The van der Waals surface area contributed by atoms with Gasteiger partial charge >= 0.3 is 5.97 Å². The van der Waals surface area contributed by atoms with E-state index in [4.69, 9.17) is 10.8 Å². The Kier molecular flexibility index (Phi) is 6.12. The molecule has 0 radical (unpaired) electrons. The third kappa shape index (κ3) is 4.06. The van der Waals surface area contributed by atoms with Crippen molar-refractivity contribution in [1.82, 2.24) is 9.88 Å². The fraction of sp³-hybridized carbons (Fsp3) is 0.368. The molecule has 1 aromatic heterocycles. The molecule has 0 bridgehead atoms. The van der Waals surface area contributed by atoms with Gasteiger partial charge in [0.05, 0.1) is 6.04 Å². The van der Waals surface area contributed by atoms with E-state index in [-0.39, 0.29) is 12.2 Å². The Morgan fingerprint density at radius 1 is 1.22 bits per heavy atom. The van der Waals surface area contributed by atoms with Gasteiger partial charge in [-0.3, -0.25) is 14.4 Å². The molecule has 0 saturated heterocycles. The number of carbonyl (C=O) groups is 4. The lowest BCUT2D eigenvalue weighted by Gasteiger charge is -2.25. The monoisotopic (exact) mass is 373 g/mol. The lowest BCUT2D eigenvalue weighted by atomic mass is 9.87. The Balaban J connectivity index is 2.30. The van der Waals surface area contributed by atoms with Crippen LogP contribution in [0.25, 0.3) is 10.9 Å². The quantitative estimate of drug-likeness (QED) is 0.462. The number of carboxylic acid groups (broad SMARTS) is 1. The molecule has 0 aliphatic rings. The number of para-hydroxylation sites is 1. The van der Waals surface area contributed by atoms with Crippen LogP contribution in [0.15, 0.2) is 30.3 Å². The summed E-state index contributed by atoms with van der Waals surface area (Å²) < 4.78 is 1.70. The first-order chi connectivity index (χ1) is 12.7. The van der Waals surface area contributed by atoms with E-state index in [0.717, 1.165) is 10.9 Å². The molecule has 8 nitrogen and oxygen atoms in total. The number of amides is 1. The number of carbonyl (C=O) groups excluding carboxylic acids is 3. The molecular weight excluding hydrogens is 350 g/mol. The van der Waals surface area contributed by atoms with Gasteiger partial charge in [-0.2, -0.15) is 0 Å². The van der Waals surface area contributed by atoms with E-state index in [0.29, 0.717) is 5.69 Å². The zero-order chi connectivity index (χ0) is 20.3. The smallest absolute Gasteiger partial charge is 0.321 e. The van der Waals surface area contributed by atoms with Gasteiger partial charge in [0.2, 0.25) is 0 Å². The largest absolute Gasteiger partial charge is 0.480 e. The highest BCUT2D eigenvalue weighted by atomic mass is 16.4. The predicted molar refractivity (Wildman–Crippen MR) is 99.2 cm³/mol. The number of aldehydes is 1. The van der Waals surface area contributed by atoms with Crippen LogP contribution >= 0.6 is 0 Å². The number of benzene rings is 1. The van der Waals surface area contributed by atoms with Crippen molar-refractivity contribution in [1.29, 1.82) is 0 Å². The first-order valence-electron chi connectivity index (χ1n) is 8.51. The number of Topliss-reactive ketones (excluding diaryl/α,β-unsaturated/α-hetero) is 1. The average Bonchev–Trinajstić information content (AvgIpc) is 2.96. The number of hydrogen-bond acceptors (Lipinski definition) is 5. The number of aromatic nitrogens is 1. The highest BCUT2D eigenvalue weighted by Crippen LogP contribution is 2.19. The predicted octanol–water partition coefficient (Wildman–Crippen LogP) is 0.729. The van der Waals surface area contributed by atoms with Gasteiger partial charge < -0.3 is 25.5 Å². The van der Waals surface area contributed by atoms with Crippen LogP contribution in [0.5, 0.6) is 0 Å². The molecule has 3 atom stereocenters. The second-order valence-corrected chi connectivity index (χ2v) is 6.77. The summed E-state index contributed by atoms with van der Waals surface area (Å²) in [5.74, 6) is -4.57. The third-order valence-corrected chi connectivity index (χ3v) is 4.59. The minimum atomic E-state index is -1.66. The molecule has 1 heterocycles. The summed E-state index contributed by atoms with van der Waals surface area (Å²) in [7, 11) is 1.73. The fourth-order valence-corrected chi connectivity index (χ4v) is 2.98. The van der Waals surface area contributed by atoms with E-state index in [1.807, 2.05) is 24.3 Å². The average molecular weight is 373 g/mol. The van der Waals surface area contributed by atoms with E-state index in [1.165, 1.54) is 0 Å². The molecule has 1 unspecified atom stereocenters. The van der Waals surface area contributed by atoms with E-state index in [9.17, 15) is 19.2 Å². The number of fused-ring (bicyclic) bond motifs is 1. The van der Waals surface area contributed by atoms with E-state index in [1.54, 1.807) is 31.5 Å². The first-order valence-corrected chi connectivity index (χ1v) is 8.51. The van der Waals surface area contributed by atoms with Crippen molar-refractivity contribution < 1.29 is 24.3 Å². The Morgan fingerprint density at radius 3 is 2.37 bits per heavy atom. The normalized spacial score (nSPS) is 14.6. The Hall–Kier alpha value is -3.00. The number of rotatable bonds is 8. The van der Waals surface area contributed by atoms with Crippen LogP contribution in [0.2, 0.25) is 0 Å². The Labute approximate surface area is 156 Å². The van der Waals surface area contributed by atoms with E-state index >= 15 is 0 Å². The first kappa shape index (κ1) is 20.3. The summed E-state index contributed by atoms with van der Waals surface area (Å²) in [4.78, 5) is 47.8. The summed E-state index contributed by atoms with van der Waals surface area (Å²) in [6.07, 6.45) is 0.222. The van der Waals surface area contributed by atoms with Crippen LogP contribution in [0.1, 0.15) is 24.3 Å². The molecule has 0 spiro atoms. The maximum atomic E-state index is 12.7. The van der Waals surface area contributed by atoms with Gasteiger partial charge in [-0.05, 0) is 18.1 Å². The molecule has 0 aliphatic carbocycles. The van der Waals surface area contributed by atoms with Crippen LogP contribution in [-0.4, -0.2) is 45.7 Å². The third-order valence-electron chi connectivity index (χ3n) is 4.59. The molecule has 1 amide bonds. The van der Waals surface area contributed by atoms with Gasteiger partial charge in [-0.1, -0.05) is 32.0 Å². The van der Waals surface area contributed by atoms with Crippen molar-refractivity contribution in [3.63, 3.8) is 0 Å². The molecule has 2 aromatic rings. The zero-order valence-electron chi connectivity index (χ0n) is 15.4. The molecule has 4 N–H and O–H groups in total. The van der Waals surface area contributed by atoms with Crippen molar-refractivity contribution in [2.75, 3.05) is 0 Å². The van der Waals surface area contributed by atoms with Crippen molar-refractivity contribution in [3.8, 4) is 0 Å². The molecule has 0 fully saturated rings. The number of nitrogens with one attached hydrogen (secondary N) is 1. The second kappa shape index (κ2) is 8.13. The van der Waals surface area contributed by atoms with Crippen molar-refractivity contribution >= 4 is 34.8 Å². The summed E-state index contributed by atoms with van der Waals surface area (Å²) in [6.45, 7) is 3.39. The summed E-state index contributed by atoms with van der Waals surface area (Å²) in [5.41, 5.74) is 6.66. The number of ketones is 1. The molecule has 144 valence electrons. The Bertz CT molecular complexity index is 887. The molecule has 27 heavy (non-hydrogen) atoms. The van der Waals surface area contributed by atoms with Crippen molar-refractivity contribution in [2.45, 2.75) is 25.9 Å².